The molecule has 4 nitrogen and oxygen atoms in total. The summed E-state index contributed by atoms with van der Waals surface area (Å²) >= 11 is 11.6. The van der Waals surface area contributed by atoms with E-state index in [2.05, 4.69) is 0 Å². The van der Waals surface area contributed by atoms with Crippen LogP contribution < -0.4 is 0 Å². The Kier molecular flexibility index (Phi) is 3.97. The van der Waals surface area contributed by atoms with Gasteiger partial charge in [0.25, 0.3) is 0 Å². The molecule has 0 saturated heterocycles. The maximum atomic E-state index is 11.3. The Labute approximate surface area is 124 Å². The summed E-state index contributed by atoms with van der Waals surface area (Å²) in [6.07, 6.45) is 0. The number of rotatable bonds is 3. The van der Waals surface area contributed by atoms with E-state index in [1.54, 1.807) is 0 Å². The van der Waals surface area contributed by atoms with Gasteiger partial charge in [0.1, 0.15) is 0 Å². The fourth-order valence-electron chi connectivity index (χ4n) is 1.86. The Hall–Kier alpha value is -2.04. The predicted octanol–water partition coefficient (Wildman–Crippen LogP) is 4.06. The highest BCUT2D eigenvalue weighted by Crippen LogP contribution is 2.31. The highest BCUT2D eigenvalue weighted by Gasteiger charge is 2.18. The molecule has 0 aliphatic carbocycles. The van der Waals surface area contributed by atoms with Gasteiger partial charge in [-0.05, 0) is 35.4 Å². The largest absolute Gasteiger partial charge is 0.478 e. The molecule has 0 fully saturated rings. The van der Waals surface area contributed by atoms with Crippen LogP contribution in [0.15, 0.2) is 36.4 Å². The second-order valence-corrected chi connectivity index (χ2v) is 4.86. The van der Waals surface area contributed by atoms with Gasteiger partial charge in [-0.1, -0.05) is 35.3 Å². The van der Waals surface area contributed by atoms with Crippen LogP contribution in [0.1, 0.15) is 20.7 Å². The average Bonchev–Trinajstić information content (AvgIpc) is 2.38. The SMILES string of the molecule is O=C(O)c1cc(Cl)ccc1-c1ccc(Cl)cc1C(=O)O. The van der Waals surface area contributed by atoms with Crippen molar-refractivity contribution in [1.29, 1.82) is 0 Å². The molecule has 0 aliphatic rings. The lowest BCUT2D eigenvalue weighted by Gasteiger charge is -2.10. The van der Waals surface area contributed by atoms with Gasteiger partial charge in [0, 0.05) is 10.0 Å². The van der Waals surface area contributed by atoms with E-state index in [0.29, 0.717) is 0 Å². The first-order chi connectivity index (χ1) is 9.40. The first-order valence-corrected chi connectivity index (χ1v) is 6.22. The number of hydrogen-bond acceptors (Lipinski definition) is 2. The zero-order valence-corrected chi connectivity index (χ0v) is 11.4. The maximum absolute atomic E-state index is 11.3. The summed E-state index contributed by atoms with van der Waals surface area (Å²) in [7, 11) is 0. The lowest BCUT2D eigenvalue weighted by molar-refractivity contribution is 0.0684. The van der Waals surface area contributed by atoms with Crippen LogP contribution in [0, 0.1) is 0 Å². The average molecular weight is 311 g/mol. The summed E-state index contributed by atoms with van der Waals surface area (Å²) in [5.74, 6) is -2.37. The normalized spacial score (nSPS) is 10.3. The molecule has 2 N–H and O–H groups in total. The van der Waals surface area contributed by atoms with E-state index in [0.717, 1.165) is 0 Å². The van der Waals surface area contributed by atoms with Gasteiger partial charge in [-0.3, -0.25) is 0 Å². The van der Waals surface area contributed by atoms with Crippen LogP contribution in [0.4, 0.5) is 0 Å². The first kappa shape index (κ1) is 14.4. The molecule has 0 saturated carbocycles. The number of carboxylic acid groups (broad SMARTS) is 2. The van der Waals surface area contributed by atoms with Gasteiger partial charge in [0.15, 0.2) is 0 Å². The quantitative estimate of drug-likeness (QED) is 0.896. The Morgan fingerprint density at radius 1 is 0.750 bits per heavy atom. The molecule has 6 heteroatoms. The molecule has 0 amide bonds. The molecule has 102 valence electrons. The van der Waals surface area contributed by atoms with E-state index in [9.17, 15) is 19.8 Å². The Morgan fingerprint density at radius 2 is 1.10 bits per heavy atom. The molecule has 0 aromatic heterocycles. The highest BCUT2D eigenvalue weighted by molar-refractivity contribution is 6.31. The van der Waals surface area contributed by atoms with Gasteiger partial charge in [-0.15, -0.1) is 0 Å². The molecular weight excluding hydrogens is 303 g/mol. The highest BCUT2D eigenvalue weighted by atomic mass is 35.5. The summed E-state index contributed by atoms with van der Waals surface area (Å²) in [4.78, 5) is 22.5. The fourth-order valence-corrected chi connectivity index (χ4v) is 2.20. The zero-order chi connectivity index (χ0) is 14.9. The third-order valence-corrected chi connectivity index (χ3v) is 3.18. The molecular formula is C14H8Cl2O4. The zero-order valence-electron chi connectivity index (χ0n) is 9.93. The van der Waals surface area contributed by atoms with E-state index in [1.807, 2.05) is 0 Å². The summed E-state index contributed by atoms with van der Waals surface area (Å²) in [5.41, 5.74) is 0.413. The first-order valence-electron chi connectivity index (χ1n) is 5.46. The van der Waals surface area contributed by atoms with Crippen LogP contribution in [-0.2, 0) is 0 Å². The van der Waals surface area contributed by atoms with Gasteiger partial charge in [-0.25, -0.2) is 9.59 Å². The number of aromatic carboxylic acids is 2. The van der Waals surface area contributed by atoms with E-state index in [4.69, 9.17) is 23.2 Å². The minimum absolute atomic E-state index is 0.0673. The van der Waals surface area contributed by atoms with Crippen LogP contribution in [0.3, 0.4) is 0 Å². The minimum Gasteiger partial charge on any atom is -0.478 e. The Balaban J connectivity index is 2.75. The van der Waals surface area contributed by atoms with Gasteiger partial charge in [0.05, 0.1) is 11.1 Å². The van der Waals surface area contributed by atoms with Crippen molar-refractivity contribution in [3.63, 3.8) is 0 Å². The van der Waals surface area contributed by atoms with Gasteiger partial charge in [-0.2, -0.15) is 0 Å². The molecule has 0 spiro atoms. The van der Waals surface area contributed by atoms with Crippen molar-refractivity contribution in [1.82, 2.24) is 0 Å². The second-order valence-electron chi connectivity index (χ2n) is 3.99. The lowest BCUT2D eigenvalue weighted by Crippen LogP contribution is -2.04. The monoisotopic (exact) mass is 310 g/mol. The van der Waals surface area contributed by atoms with Gasteiger partial charge >= 0.3 is 11.9 Å². The van der Waals surface area contributed by atoms with E-state index in [-0.39, 0.29) is 32.3 Å². The van der Waals surface area contributed by atoms with Crippen LogP contribution in [0.25, 0.3) is 11.1 Å². The van der Waals surface area contributed by atoms with Gasteiger partial charge < -0.3 is 10.2 Å². The minimum atomic E-state index is -1.19. The molecule has 0 heterocycles. The molecule has 2 aromatic rings. The van der Waals surface area contributed by atoms with E-state index >= 15 is 0 Å². The van der Waals surface area contributed by atoms with E-state index in [1.165, 1.54) is 36.4 Å². The van der Waals surface area contributed by atoms with Crippen LogP contribution in [-0.4, -0.2) is 22.2 Å². The smallest absolute Gasteiger partial charge is 0.336 e. The third kappa shape index (κ3) is 2.76. The van der Waals surface area contributed by atoms with Crippen molar-refractivity contribution in [3.05, 3.63) is 57.6 Å². The maximum Gasteiger partial charge on any atom is 0.336 e. The molecule has 0 aliphatic heterocycles. The molecule has 0 bridgehead atoms. The number of halogens is 2. The lowest BCUT2D eigenvalue weighted by atomic mass is 9.95. The van der Waals surface area contributed by atoms with Crippen molar-refractivity contribution >= 4 is 35.1 Å². The molecule has 0 unspecified atom stereocenters. The standard InChI is InChI=1S/C14H8Cl2O4/c15-7-1-3-9(11(5-7)13(17)18)10-4-2-8(16)6-12(10)14(19)20/h1-6H,(H,17,18)(H,19,20). The topological polar surface area (TPSA) is 74.6 Å². The second kappa shape index (κ2) is 5.53. The number of hydrogen-bond donors (Lipinski definition) is 2. The van der Waals surface area contributed by atoms with E-state index < -0.39 is 11.9 Å². The number of carbonyl (C=O) groups is 2. The molecule has 2 rings (SSSR count). The Bertz CT molecular complexity index is 649. The van der Waals surface area contributed by atoms with Crippen LogP contribution >= 0.6 is 23.2 Å². The van der Waals surface area contributed by atoms with Crippen molar-refractivity contribution < 1.29 is 19.8 Å². The number of carboxylic acids is 2. The molecule has 2 aromatic carbocycles. The summed E-state index contributed by atoms with van der Waals surface area (Å²) in [5, 5.41) is 18.9. The van der Waals surface area contributed by atoms with Crippen LogP contribution in [0.2, 0.25) is 10.0 Å². The summed E-state index contributed by atoms with van der Waals surface area (Å²) < 4.78 is 0. The molecule has 0 radical (unpaired) electrons. The molecule has 20 heavy (non-hydrogen) atoms. The third-order valence-electron chi connectivity index (χ3n) is 2.71. The van der Waals surface area contributed by atoms with Crippen molar-refractivity contribution in [2.24, 2.45) is 0 Å². The van der Waals surface area contributed by atoms with Gasteiger partial charge in [0.2, 0.25) is 0 Å². The number of benzene rings is 2. The summed E-state index contributed by atoms with van der Waals surface area (Å²) in [6, 6.07) is 8.51. The molecule has 0 atom stereocenters. The van der Waals surface area contributed by atoms with Crippen molar-refractivity contribution in [2.45, 2.75) is 0 Å². The van der Waals surface area contributed by atoms with Crippen molar-refractivity contribution in [2.75, 3.05) is 0 Å². The fraction of sp³-hybridized carbons (Fsp3) is 0. The Morgan fingerprint density at radius 3 is 1.40 bits per heavy atom. The predicted molar refractivity (Wildman–Crippen MR) is 75.8 cm³/mol. The summed E-state index contributed by atoms with van der Waals surface area (Å²) in [6.45, 7) is 0. The van der Waals surface area contributed by atoms with Crippen LogP contribution in [0.5, 0.6) is 0 Å². The van der Waals surface area contributed by atoms with Crippen molar-refractivity contribution in [3.8, 4) is 11.1 Å².